The molecule has 0 aliphatic heterocycles. The van der Waals surface area contributed by atoms with E-state index in [1.54, 1.807) is 26.0 Å². The molecule has 1 atom stereocenters. The maximum Gasteiger partial charge on any atom is 0.337 e. The fraction of sp³-hybridized carbons (Fsp3) is 0.364. The molecule has 1 aromatic carbocycles. The predicted octanol–water partition coefficient (Wildman–Crippen LogP) is 1.03. The molecule has 0 amide bonds. The molecule has 0 spiro atoms. The van der Waals surface area contributed by atoms with E-state index in [1.165, 1.54) is 12.1 Å². The van der Waals surface area contributed by atoms with E-state index in [9.17, 15) is 15.0 Å². The number of carbonyl (C=O) groups is 1. The lowest BCUT2D eigenvalue weighted by molar-refractivity contribution is -0.146. The molecule has 0 radical (unpaired) electrons. The van der Waals surface area contributed by atoms with Gasteiger partial charge in [0.1, 0.15) is 0 Å². The van der Waals surface area contributed by atoms with Crippen LogP contribution in [0.25, 0.3) is 0 Å². The first kappa shape index (κ1) is 11.7. The second-order valence-electron chi connectivity index (χ2n) is 3.93. The lowest BCUT2D eigenvalue weighted by Gasteiger charge is -2.19. The Morgan fingerprint density at radius 3 is 2.47 bits per heavy atom. The Morgan fingerprint density at radius 1 is 1.40 bits per heavy atom. The number of benzene rings is 1. The van der Waals surface area contributed by atoms with Gasteiger partial charge in [-0.2, -0.15) is 0 Å². The molecule has 3 N–H and O–H groups in total. The summed E-state index contributed by atoms with van der Waals surface area (Å²) >= 11 is 0. The van der Waals surface area contributed by atoms with E-state index in [0.29, 0.717) is 5.56 Å². The average Bonchev–Trinajstić information content (AvgIpc) is 2.15. The summed E-state index contributed by atoms with van der Waals surface area (Å²) in [6, 6.07) is 6.28. The van der Waals surface area contributed by atoms with E-state index < -0.39 is 17.7 Å². The van der Waals surface area contributed by atoms with Gasteiger partial charge in [-0.05, 0) is 31.0 Å². The standard InChI is InChI=1S/C11H14O4/c1-11(2,15)8-5-3-4-7(6-8)9(12)10(13)14/h3-6,9,12,15H,1-2H3,(H,13,14). The van der Waals surface area contributed by atoms with Crippen LogP contribution in [-0.2, 0) is 10.4 Å². The zero-order valence-electron chi connectivity index (χ0n) is 8.64. The highest BCUT2D eigenvalue weighted by Crippen LogP contribution is 2.23. The quantitative estimate of drug-likeness (QED) is 0.696. The van der Waals surface area contributed by atoms with Crippen LogP contribution in [0.4, 0.5) is 0 Å². The summed E-state index contributed by atoms with van der Waals surface area (Å²) in [6.07, 6.45) is -1.55. The molecule has 82 valence electrons. The first-order valence-corrected chi connectivity index (χ1v) is 4.56. The van der Waals surface area contributed by atoms with Crippen molar-refractivity contribution in [3.63, 3.8) is 0 Å². The molecule has 0 aliphatic carbocycles. The fourth-order valence-corrected chi connectivity index (χ4v) is 1.23. The zero-order valence-corrected chi connectivity index (χ0v) is 8.64. The van der Waals surface area contributed by atoms with Crippen LogP contribution in [-0.4, -0.2) is 21.3 Å². The van der Waals surface area contributed by atoms with Crippen molar-refractivity contribution in [3.05, 3.63) is 35.4 Å². The SMILES string of the molecule is CC(C)(O)c1cccc(C(O)C(=O)O)c1. The number of hydrogen-bond acceptors (Lipinski definition) is 3. The van der Waals surface area contributed by atoms with Crippen LogP contribution in [0, 0.1) is 0 Å². The molecular formula is C11H14O4. The molecule has 0 bridgehead atoms. The monoisotopic (exact) mass is 210 g/mol. The lowest BCUT2D eigenvalue weighted by Crippen LogP contribution is -2.17. The molecule has 4 nitrogen and oxygen atoms in total. The molecule has 1 aromatic rings. The van der Waals surface area contributed by atoms with Crippen molar-refractivity contribution >= 4 is 5.97 Å². The van der Waals surface area contributed by atoms with Crippen molar-refractivity contribution in [1.29, 1.82) is 0 Å². The molecule has 0 aliphatic rings. The molecule has 1 rings (SSSR count). The Balaban J connectivity index is 3.08. The molecule has 0 saturated heterocycles. The molecule has 0 fully saturated rings. The largest absolute Gasteiger partial charge is 0.479 e. The topological polar surface area (TPSA) is 77.8 Å². The normalized spacial score (nSPS) is 13.6. The van der Waals surface area contributed by atoms with E-state index in [1.807, 2.05) is 0 Å². The van der Waals surface area contributed by atoms with Gasteiger partial charge in [-0.25, -0.2) is 4.79 Å². The van der Waals surface area contributed by atoms with Crippen molar-refractivity contribution in [2.45, 2.75) is 25.6 Å². The van der Waals surface area contributed by atoms with E-state index >= 15 is 0 Å². The Kier molecular flexibility index (Phi) is 3.12. The van der Waals surface area contributed by atoms with Gasteiger partial charge in [-0.1, -0.05) is 18.2 Å². The van der Waals surface area contributed by atoms with Crippen LogP contribution in [0.1, 0.15) is 31.1 Å². The van der Waals surface area contributed by atoms with Gasteiger partial charge in [-0.3, -0.25) is 0 Å². The molecule has 1 unspecified atom stereocenters. The summed E-state index contributed by atoms with van der Waals surface area (Å²) in [7, 11) is 0. The van der Waals surface area contributed by atoms with Gasteiger partial charge in [0.2, 0.25) is 0 Å². The molecule has 15 heavy (non-hydrogen) atoms. The highest BCUT2D eigenvalue weighted by molar-refractivity contribution is 5.74. The molecule has 0 heterocycles. The van der Waals surface area contributed by atoms with Crippen LogP contribution < -0.4 is 0 Å². The predicted molar refractivity (Wildman–Crippen MR) is 54.3 cm³/mol. The zero-order chi connectivity index (χ0) is 11.6. The first-order valence-electron chi connectivity index (χ1n) is 4.56. The van der Waals surface area contributed by atoms with Gasteiger partial charge in [0.05, 0.1) is 5.60 Å². The van der Waals surface area contributed by atoms with E-state index in [-0.39, 0.29) is 5.56 Å². The van der Waals surface area contributed by atoms with Crippen LogP contribution in [0.3, 0.4) is 0 Å². The minimum absolute atomic E-state index is 0.266. The first-order chi connectivity index (χ1) is 6.82. The van der Waals surface area contributed by atoms with Crippen LogP contribution in [0.2, 0.25) is 0 Å². The summed E-state index contributed by atoms with van der Waals surface area (Å²) in [5.41, 5.74) is -0.212. The van der Waals surface area contributed by atoms with Crippen molar-refractivity contribution in [2.24, 2.45) is 0 Å². The Morgan fingerprint density at radius 2 is 2.00 bits per heavy atom. The summed E-state index contributed by atoms with van der Waals surface area (Å²) in [5, 5.41) is 27.6. The van der Waals surface area contributed by atoms with E-state index in [0.717, 1.165) is 0 Å². The minimum Gasteiger partial charge on any atom is -0.479 e. The maximum atomic E-state index is 10.5. The number of carboxylic acids is 1. The molecular weight excluding hydrogens is 196 g/mol. The minimum atomic E-state index is -1.55. The Hall–Kier alpha value is -1.39. The third kappa shape index (κ3) is 2.78. The third-order valence-electron chi connectivity index (χ3n) is 2.14. The number of hydrogen-bond donors (Lipinski definition) is 3. The van der Waals surface area contributed by atoms with Gasteiger partial charge < -0.3 is 15.3 Å². The molecule has 0 saturated carbocycles. The number of aliphatic carboxylic acids is 1. The van der Waals surface area contributed by atoms with Crippen molar-refractivity contribution < 1.29 is 20.1 Å². The van der Waals surface area contributed by atoms with Crippen molar-refractivity contribution in [2.75, 3.05) is 0 Å². The Bertz CT molecular complexity index is 365. The third-order valence-corrected chi connectivity index (χ3v) is 2.14. The molecule has 0 aromatic heterocycles. The summed E-state index contributed by atoms with van der Waals surface area (Å²) in [5.74, 6) is -1.30. The second kappa shape index (κ2) is 4.00. The number of carboxylic acid groups (broad SMARTS) is 1. The highest BCUT2D eigenvalue weighted by Gasteiger charge is 2.20. The van der Waals surface area contributed by atoms with Crippen molar-refractivity contribution in [1.82, 2.24) is 0 Å². The van der Waals surface area contributed by atoms with Gasteiger partial charge >= 0.3 is 5.97 Å². The van der Waals surface area contributed by atoms with Crippen molar-refractivity contribution in [3.8, 4) is 0 Å². The van der Waals surface area contributed by atoms with Gasteiger partial charge in [0.15, 0.2) is 6.10 Å². The molecule has 4 heteroatoms. The summed E-state index contributed by atoms with van der Waals surface area (Å²) in [4.78, 5) is 10.5. The summed E-state index contributed by atoms with van der Waals surface area (Å²) in [6.45, 7) is 3.19. The number of rotatable bonds is 3. The summed E-state index contributed by atoms with van der Waals surface area (Å²) < 4.78 is 0. The van der Waals surface area contributed by atoms with Crippen LogP contribution in [0.5, 0.6) is 0 Å². The highest BCUT2D eigenvalue weighted by atomic mass is 16.4. The Labute approximate surface area is 87.8 Å². The van der Waals surface area contributed by atoms with Gasteiger partial charge in [0, 0.05) is 0 Å². The number of aliphatic hydroxyl groups excluding tert-OH is 1. The van der Waals surface area contributed by atoms with Gasteiger partial charge in [-0.15, -0.1) is 0 Å². The van der Waals surface area contributed by atoms with Gasteiger partial charge in [0.25, 0.3) is 0 Å². The second-order valence-corrected chi connectivity index (χ2v) is 3.93. The lowest BCUT2D eigenvalue weighted by atomic mass is 9.95. The maximum absolute atomic E-state index is 10.5. The number of aliphatic hydroxyl groups is 2. The van der Waals surface area contributed by atoms with Crippen LogP contribution in [0.15, 0.2) is 24.3 Å². The fourth-order valence-electron chi connectivity index (χ4n) is 1.23. The average molecular weight is 210 g/mol. The van der Waals surface area contributed by atoms with E-state index in [2.05, 4.69) is 0 Å². The smallest absolute Gasteiger partial charge is 0.337 e. The van der Waals surface area contributed by atoms with Crippen LogP contribution >= 0.6 is 0 Å². The van der Waals surface area contributed by atoms with E-state index in [4.69, 9.17) is 5.11 Å².